The molecule has 1 aromatic carbocycles. The average Bonchev–Trinajstić information content (AvgIpc) is 3.53. The van der Waals surface area contributed by atoms with Gasteiger partial charge in [-0.2, -0.15) is 5.10 Å². The summed E-state index contributed by atoms with van der Waals surface area (Å²) in [5.74, 6) is 2.00. The molecule has 29 heavy (non-hydrogen) atoms. The second-order valence-electron chi connectivity index (χ2n) is 8.30. The van der Waals surface area contributed by atoms with E-state index in [1.165, 1.54) is 0 Å². The lowest BCUT2D eigenvalue weighted by Gasteiger charge is -2.35. The van der Waals surface area contributed by atoms with Crippen LogP contribution >= 0.6 is 0 Å². The van der Waals surface area contributed by atoms with Crippen LogP contribution in [0.5, 0.6) is 5.75 Å². The summed E-state index contributed by atoms with van der Waals surface area (Å²) in [6.07, 6.45) is 6.11. The Morgan fingerprint density at radius 2 is 1.83 bits per heavy atom. The van der Waals surface area contributed by atoms with Crippen LogP contribution in [0.15, 0.2) is 36.5 Å². The Morgan fingerprint density at radius 3 is 2.62 bits per heavy atom. The molecule has 1 atom stereocenters. The number of rotatable bonds is 4. The van der Waals surface area contributed by atoms with E-state index in [9.17, 15) is 9.59 Å². The van der Waals surface area contributed by atoms with Crippen molar-refractivity contribution < 1.29 is 14.3 Å². The van der Waals surface area contributed by atoms with E-state index in [4.69, 9.17) is 4.74 Å². The van der Waals surface area contributed by atoms with Gasteiger partial charge in [0.1, 0.15) is 18.2 Å². The molecule has 1 saturated carbocycles. The van der Waals surface area contributed by atoms with Crippen molar-refractivity contribution in [1.82, 2.24) is 14.7 Å². The average molecular weight is 394 g/mol. The quantitative estimate of drug-likeness (QED) is 0.865. The van der Waals surface area contributed by atoms with Gasteiger partial charge in [-0.3, -0.25) is 9.59 Å². The normalized spacial score (nSPS) is 21.9. The van der Waals surface area contributed by atoms with E-state index in [1.54, 1.807) is 6.20 Å². The number of anilines is 1. The fraction of sp³-hybridized carbons (Fsp3) is 0.500. The second kappa shape index (κ2) is 7.54. The van der Waals surface area contributed by atoms with Gasteiger partial charge in [0.05, 0.1) is 18.2 Å². The fourth-order valence-electron chi connectivity index (χ4n) is 4.35. The molecule has 1 N–H and O–H groups in total. The van der Waals surface area contributed by atoms with E-state index in [-0.39, 0.29) is 29.7 Å². The summed E-state index contributed by atoms with van der Waals surface area (Å²) in [7, 11) is 0. The maximum absolute atomic E-state index is 13.0. The molecule has 1 aromatic heterocycles. The number of para-hydroxylation sites is 1. The number of amides is 2. The molecule has 7 heteroatoms. The number of hydrogen-bond donors (Lipinski definition) is 1. The van der Waals surface area contributed by atoms with Crippen LogP contribution in [0.3, 0.4) is 0 Å². The first-order valence-electron chi connectivity index (χ1n) is 10.5. The van der Waals surface area contributed by atoms with Crippen LogP contribution in [0.25, 0.3) is 0 Å². The lowest BCUT2D eigenvalue weighted by atomic mass is 9.94. The number of carbonyl (C=O) groups is 2. The maximum Gasteiger partial charge on any atom is 0.229 e. The number of nitrogens with zero attached hydrogens (tertiary/aromatic N) is 3. The summed E-state index contributed by atoms with van der Waals surface area (Å²) >= 11 is 0. The third-order valence-corrected chi connectivity index (χ3v) is 6.22. The van der Waals surface area contributed by atoms with Crippen molar-refractivity contribution in [3.05, 3.63) is 42.1 Å². The standard InChI is InChI=1S/C22H26N4O3/c27-21(15-5-6-15)24-20-7-10-23-26(20)18-8-11-25(12-9-18)22(28)17-13-16-3-1-2-4-19(16)29-14-17/h1-4,7,10,15,17-18H,5-6,8-9,11-14H2,(H,24,27)/t17-/m1/s1. The van der Waals surface area contributed by atoms with E-state index in [2.05, 4.69) is 10.4 Å². The number of piperidine rings is 1. The molecule has 3 heterocycles. The lowest BCUT2D eigenvalue weighted by Crippen LogP contribution is -2.45. The summed E-state index contributed by atoms with van der Waals surface area (Å²) in [5, 5.41) is 7.45. The van der Waals surface area contributed by atoms with Crippen molar-refractivity contribution in [1.29, 1.82) is 0 Å². The molecule has 2 amide bonds. The molecular weight excluding hydrogens is 368 g/mol. The van der Waals surface area contributed by atoms with E-state index in [1.807, 2.05) is 39.9 Å². The largest absolute Gasteiger partial charge is 0.492 e. The van der Waals surface area contributed by atoms with E-state index < -0.39 is 0 Å². The minimum absolute atomic E-state index is 0.0944. The molecule has 0 radical (unpaired) electrons. The van der Waals surface area contributed by atoms with Gasteiger partial charge in [-0.05, 0) is 43.7 Å². The predicted molar refractivity (Wildman–Crippen MR) is 108 cm³/mol. The zero-order valence-corrected chi connectivity index (χ0v) is 16.4. The predicted octanol–water partition coefficient (Wildman–Crippen LogP) is 2.65. The fourth-order valence-corrected chi connectivity index (χ4v) is 4.35. The summed E-state index contributed by atoms with van der Waals surface area (Å²) in [6.45, 7) is 1.86. The Hall–Kier alpha value is -2.83. The van der Waals surface area contributed by atoms with Crippen LogP contribution in [-0.2, 0) is 16.0 Å². The van der Waals surface area contributed by atoms with Crippen LogP contribution < -0.4 is 10.1 Å². The Bertz CT molecular complexity index is 912. The monoisotopic (exact) mass is 394 g/mol. The van der Waals surface area contributed by atoms with Crippen LogP contribution in [0.2, 0.25) is 0 Å². The molecular formula is C22H26N4O3. The third kappa shape index (κ3) is 3.73. The highest BCUT2D eigenvalue weighted by atomic mass is 16.5. The van der Waals surface area contributed by atoms with E-state index in [0.717, 1.165) is 49.2 Å². The number of aromatic nitrogens is 2. The number of carbonyl (C=O) groups excluding carboxylic acids is 2. The van der Waals surface area contributed by atoms with Gasteiger partial charge < -0.3 is 15.0 Å². The second-order valence-corrected chi connectivity index (χ2v) is 8.30. The van der Waals surface area contributed by atoms with Crippen molar-refractivity contribution in [3.8, 4) is 5.75 Å². The van der Waals surface area contributed by atoms with E-state index in [0.29, 0.717) is 19.7 Å². The van der Waals surface area contributed by atoms with Crippen LogP contribution in [0, 0.1) is 11.8 Å². The summed E-state index contributed by atoms with van der Waals surface area (Å²) in [5.41, 5.74) is 1.11. The number of ether oxygens (including phenoxy) is 1. The topological polar surface area (TPSA) is 76.5 Å². The Balaban J connectivity index is 1.19. The van der Waals surface area contributed by atoms with Gasteiger partial charge in [0.2, 0.25) is 11.8 Å². The zero-order valence-electron chi connectivity index (χ0n) is 16.4. The highest BCUT2D eigenvalue weighted by molar-refractivity contribution is 5.93. The molecule has 152 valence electrons. The molecule has 1 saturated heterocycles. The summed E-state index contributed by atoms with van der Waals surface area (Å²) in [6, 6.07) is 10.0. The number of hydrogen-bond acceptors (Lipinski definition) is 4. The molecule has 2 fully saturated rings. The molecule has 1 aliphatic carbocycles. The smallest absolute Gasteiger partial charge is 0.229 e. The molecule has 2 aliphatic heterocycles. The minimum Gasteiger partial charge on any atom is -0.492 e. The number of fused-ring (bicyclic) bond motifs is 1. The molecule has 3 aliphatic rings. The highest BCUT2D eigenvalue weighted by Gasteiger charge is 2.33. The maximum atomic E-state index is 13.0. The van der Waals surface area contributed by atoms with Gasteiger partial charge in [0, 0.05) is 25.1 Å². The first kappa shape index (κ1) is 18.2. The van der Waals surface area contributed by atoms with Gasteiger partial charge >= 0.3 is 0 Å². The molecule has 7 nitrogen and oxygen atoms in total. The highest BCUT2D eigenvalue weighted by Crippen LogP contribution is 2.32. The minimum atomic E-state index is -0.112. The molecule has 0 bridgehead atoms. The first-order chi connectivity index (χ1) is 14.2. The van der Waals surface area contributed by atoms with E-state index >= 15 is 0 Å². The molecule has 0 unspecified atom stereocenters. The number of likely N-dealkylation sites (tertiary alicyclic amines) is 1. The van der Waals surface area contributed by atoms with Gasteiger partial charge in [-0.1, -0.05) is 18.2 Å². The molecule has 0 spiro atoms. The van der Waals surface area contributed by atoms with Crippen molar-refractivity contribution in [2.24, 2.45) is 11.8 Å². The van der Waals surface area contributed by atoms with Gasteiger partial charge in [0.25, 0.3) is 0 Å². The SMILES string of the molecule is O=C(Nc1ccnn1C1CCN(C(=O)[C@H]2COc3ccccc3C2)CC1)C1CC1. The number of benzene rings is 1. The van der Waals surface area contributed by atoms with Crippen molar-refractivity contribution >= 4 is 17.6 Å². The van der Waals surface area contributed by atoms with Gasteiger partial charge in [-0.25, -0.2) is 4.68 Å². The van der Waals surface area contributed by atoms with Crippen LogP contribution in [0.1, 0.15) is 37.3 Å². The van der Waals surface area contributed by atoms with Gasteiger partial charge in [-0.15, -0.1) is 0 Å². The van der Waals surface area contributed by atoms with Crippen molar-refractivity contribution in [3.63, 3.8) is 0 Å². The summed E-state index contributed by atoms with van der Waals surface area (Å²) in [4.78, 5) is 27.1. The number of nitrogens with one attached hydrogen (secondary N) is 1. The first-order valence-corrected chi connectivity index (χ1v) is 10.5. The Morgan fingerprint density at radius 1 is 1.03 bits per heavy atom. The molecule has 2 aromatic rings. The van der Waals surface area contributed by atoms with Crippen LogP contribution in [-0.4, -0.2) is 46.2 Å². The Labute approximate surface area is 170 Å². The van der Waals surface area contributed by atoms with Gasteiger partial charge in [0.15, 0.2) is 0 Å². The van der Waals surface area contributed by atoms with Crippen molar-refractivity contribution in [2.45, 2.75) is 38.1 Å². The molecule has 5 rings (SSSR count). The van der Waals surface area contributed by atoms with Crippen LogP contribution in [0.4, 0.5) is 5.82 Å². The zero-order chi connectivity index (χ0) is 19.8. The lowest BCUT2D eigenvalue weighted by molar-refractivity contribution is -0.138. The Kier molecular flexibility index (Phi) is 4.73. The third-order valence-electron chi connectivity index (χ3n) is 6.22. The van der Waals surface area contributed by atoms with Crippen molar-refractivity contribution in [2.75, 3.05) is 25.0 Å². The summed E-state index contributed by atoms with van der Waals surface area (Å²) < 4.78 is 7.72.